The van der Waals surface area contributed by atoms with Gasteiger partial charge in [0.15, 0.2) is 6.61 Å². The molecule has 0 atom stereocenters. The van der Waals surface area contributed by atoms with E-state index in [0.29, 0.717) is 4.88 Å². The van der Waals surface area contributed by atoms with Gasteiger partial charge in [0.1, 0.15) is 4.88 Å². The minimum atomic E-state index is -0.363. The topological polar surface area (TPSA) is 55.4 Å². The van der Waals surface area contributed by atoms with Crippen LogP contribution in [-0.4, -0.2) is 24.5 Å². The summed E-state index contributed by atoms with van der Waals surface area (Å²) in [4.78, 5) is 25.9. The number of amides is 1. The van der Waals surface area contributed by atoms with E-state index in [-0.39, 0.29) is 24.5 Å². The molecular formula is C17H23NO3S. The number of nitrogens with one attached hydrogen (secondary N) is 1. The third-order valence-corrected chi connectivity index (χ3v) is 5.72. The van der Waals surface area contributed by atoms with Gasteiger partial charge in [-0.2, -0.15) is 0 Å². The number of hydrogen-bond donors (Lipinski definition) is 1. The monoisotopic (exact) mass is 321 g/mol. The summed E-state index contributed by atoms with van der Waals surface area (Å²) in [5, 5.41) is 2.96. The van der Waals surface area contributed by atoms with Crippen molar-refractivity contribution in [3.8, 4) is 0 Å². The molecule has 4 nitrogen and oxygen atoms in total. The molecule has 0 spiro atoms. The van der Waals surface area contributed by atoms with Gasteiger partial charge in [-0.1, -0.05) is 19.3 Å². The fourth-order valence-corrected chi connectivity index (χ4v) is 4.46. The van der Waals surface area contributed by atoms with Gasteiger partial charge in [-0.3, -0.25) is 4.79 Å². The largest absolute Gasteiger partial charge is 0.451 e. The second-order valence-corrected chi connectivity index (χ2v) is 7.38. The van der Waals surface area contributed by atoms with Crippen molar-refractivity contribution < 1.29 is 14.3 Å². The van der Waals surface area contributed by atoms with E-state index in [1.54, 1.807) is 0 Å². The van der Waals surface area contributed by atoms with Crippen LogP contribution in [0.15, 0.2) is 6.07 Å². The zero-order valence-electron chi connectivity index (χ0n) is 12.9. The van der Waals surface area contributed by atoms with Gasteiger partial charge in [0.2, 0.25) is 0 Å². The molecule has 1 N–H and O–H groups in total. The maximum absolute atomic E-state index is 12.1. The maximum Gasteiger partial charge on any atom is 0.348 e. The number of aryl methyl sites for hydroxylation is 2. The van der Waals surface area contributed by atoms with Crippen LogP contribution in [0.4, 0.5) is 0 Å². The third-order valence-electron chi connectivity index (χ3n) is 4.50. The summed E-state index contributed by atoms with van der Waals surface area (Å²) in [6.07, 6.45) is 10.2. The molecule has 1 amide bonds. The first-order valence-corrected chi connectivity index (χ1v) is 9.12. The lowest BCUT2D eigenvalue weighted by atomic mass is 9.95. The van der Waals surface area contributed by atoms with E-state index in [9.17, 15) is 9.59 Å². The zero-order valence-corrected chi connectivity index (χ0v) is 13.7. The van der Waals surface area contributed by atoms with Gasteiger partial charge >= 0.3 is 5.97 Å². The Labute approximate surface area is 135 Å². The van der Waals surface area contributed by atoms with Crippen molar-refractivity contribution in [2.75, 3.05) is 6.61 Å². The van der Waals surface area contributed by atoms with E-state index in [0.717, 1.165) is 25.7 Å². The van der Waals surface area contributed by atoms with E-state index in [4.69, 9.17) is 4.74 Å². The van der Waals surface area contributed by atoms with Crippen LogP contribution in [-0.2, 0) is 22.4 Å². The van der Waals surface area contributed by atoms with Gasteiger partial charge in [0, 0.05) is 10.9 Å². The molecule has 22 heavy (non-hydrogen) atoms. The quantitative estimate of drug-likeness (QED) is 0.866. The first kappa shape index (κ1) is 15.5. The van der Waals surface area contributed by atoms with Crippen LogP contribution in [0, 0.1) is 0 Å². The fourth-order valence-electron chi connectivity index (χ4n) is 3.31. The van der Waals surface area contributed by atoms with Crippen LogP contribution in [0.2, 0.25) is 0 Å². The molecule has 1 aromatic rings. The zero-order chi connectivity index (χ0) is 15.4. The van der Waals surface area contributed by atoms with E-state index in [1.807, 2.05) is 6.07 Å². The second-order valence-electron chi connectivity index (χ2n) is 6.24. The molecule has 3 rings (SSSR count). The molecule has 1 saturated carbocycles. The van der Waals surface area contributed by atoms with Crippen molar-refractivity contribution in [1.82, 2.24) is 5.32 Å². The summed E-state index contributed by atoms with van der Waals surface area (Å²) >= 11 is 1.52. The minimum Gasteiger partial charge on any atom is -0.451 e. The number of esters is 1. The highest BCUT2D eigenvalue weighted by Gasteiger charge is 2.20. The van der Waals surface area contributed by atoms with Gasteiger partial charge in [-0.05, 0) is 50.2 Å². The van der Waals surface area contributed by atoms with Gasteiger partial charge in [0.05, 0.1) is 0 Å². The summed E-state index contributed by atoms with van der Waals surface area (Å²) < 4.78 is 5.17. The van der Waals surface area contributed by atoms with Gasteiger partial charge in [-0.15, -0.1) is 11.3 Å². The summed E-state index contributed by atoms with van der Waals surface area (Å²) in [5.41, 5.74) is 1.29. The Balaban J connectivity index is 1.47. The maximum atomic E-state index is 12.1. The van der Waals surface area contributed by atoms with E-state index < -0.39 is 0 Å². The molecule has 0 bridgehead atoms. The molecule has 0 saturated heterocycles. The highest BCUT2D eigenvalue weighted by Crippen LogP contribution is 2.30. The average Bonchev–Trinajstić information content (AvgIpc) is 2.98. The van der Waals surface area contributed by atoms with Crippen molar-refractivity contribution in [1.29, 1.82) is 0 Å². The fraction of sp³-hybridized carbons (Fsp3) is 0.647. The Kier molecular flexibility index (Phi) is 5.13. The molecule has 0 aliphatic heterocycles. The molecule has 2 aliphatic carbocycles. The summed E-state index contributed by atoms with van der Waals surface area (Å²) in [5.74, 6) is -0.542. The molecule has 2 aliphatic rings. The summed E-state index contributed by atoms with van der Waals surface area (Å²) in [6.45, 7) is -0.169. The van der Waals surface area contributed by atoms with Crippen LogP contribution in [0.3, 0.4) is 0 Å². The van der Waals surface area contributed by atoms with Crippen LogP contribution in [0.5, 0.6) is 0 Å². The highest BCUT2D eigenvalue weighted by molar-refractivity contribution is 7.14. The summed E-state index contributed by atoms with van der Waals surface area (Å²) in [7, 11) is 0. The SMILES string of the molecule is O=C(COC(=O)c1cc2c(s1)CCCC2)NC1CCCCC1. The number of fused-ring (bicyclic) bond motifs is 1. The number of hydrogen-bond acceptors (Lipinski definition) is 4. The molecule has 0 aromatic carbocycles. The molecule has 0 radical (unpaired) electrons. The van der Waals surface area contributed by atoms with Crippen molar-refractivity contribution in [2.45, 2.75) is 63.8 Å². The van der Waals surface area contributed by atoms with Crippen LogP contribution in [0.25, 0.3) is 0 Å². The predicted molar refractivity (Wildman–Crippen MR) is 86.3 cm³/mol. The van der Waals surface area contributed by atoms with Gasteiger partial charge in [-0.25, -0.2) is 4.79 Å². The molecular weight excluding hydrogens is 298 g/mol. The van der Waals surface area contributed by atoms with Crippen LogP contribution < -0.4 is 5.32 Å². The van der Waals surface area contributed by atoms with Crippen molar-refractivity contribution in [2.24, 2.45) is 0 Å². The molecule has 1 heterocycles. The number of carbonyl (C=O) groups excluding carboxylic acids is 2. The van der Waals surface area contributed by atoms with Crippen molar-refractivity contribution in [3.05, 3.63) is 21.4 Å². The lowest BCUT2D eigenvalue weighted by Crippen LogP contribution is -2.38. The molecule has 1 aromatic heterocycles. The molecule has 5 heteroatoms. The lowest BCUT2D eigenvalue weighted by molar-refractivity contribution is -0.125. The van der Waals surface area contributed by atoms with E-state index in [2.05, 4.69) is 5.32 Å². The Morgan fingerprint density at radius 3 is 2.68 bits per heavy atom. The van der Waals surface area contributed by atoms with Gasteiger partial charge in [0.25, 0.3) is 5.91 Å². The lowest BCUT2D eigenvalue weighted by Gasteiger charge is -2.22. The number of thiophene rings is 1. The molecule has 120 valence electrons. The number of ether oxygens (including phenoxy) is 1. The second kappa shape index (κ2) is 7.27. The standard InChI is InChI=1S/C17H23NO3S/c19-16(18-13-7-2-1-3-8-13)11-21-17(20)15-10-12-6-4-5-9-14(12)22-15/h10,13H,1-9,11H2,(H,18,19). The first-order chi connectivity index (χ1) is 10.7. The number of carbonyl (C=O) groups is 2. The third kappa shape index (κ3) is 3.88. The average molecular weight is 321 g/mol. The number of rotatable bonds is 4. The normalized spacial score (nSPS) is 18.5. The van der Waals surface area contributed by atoms with E-state index in [1.165, 1.54) is 53.9 Å². The Morgan fingerprint density at radius 2 is 1.91 bits per heavy atom. The van der Waals surface area contributed by atoms with Crippen molar-refractivity contribution in [3.63, 3.8) is 0 Å². The predicted octanol–water partition coefficient (Wildman–Crippen LogP) is 3.23. The minimum absolute atomic E-state index is 0.169. The Morgan fingerprint density at radius 1 is 1.14 bits per heavy atom. The smallest absolute Gasteiger partial charge is 0.348 e. The molecule has 1 fully saturated rings. The Hall–Kier alpha value is -1.36. The summed E-state index contributed by atoms with van der Waals surface area (Å²) in [6, 6.07) is 2.20. The Bertz CT molecular complexity index is 523. The van der Waals surface area contributed by atoms with E-state index >= 15 is 0 Å². The highest BCUT2D eigenvalue weighted by atomic mass is 32.1. The van der Waals surface area contributed by atoms with Gasteiger partial charge < -0.3 is 10.1 Å². The van der Waals surface area contributed by atoms with Crippen LogP contribution in [0.1, 0.15) is 65.1 Å². The molecule has 0 unspecified atom stereocenters. The van der Waals surface area contributed by atoms with Crippen molar-refractivity contribution >= 4 is 23.2 Å². The first-order valence-electron chi connectivity index (χ1n) is 8.30. The van der Waals surface area contributed by atoms with Crippen LogP contribution >= 0.6 is 11.3 Å².